The Balaban J connectivity index is 2.94. The minimum atomic E-state index is 1.37. The van der Waals surface area contributed by atoms with Crippen LogP contribution in [0.5, 0.6) is 0 Å². The molecular weight excluding hydrogens is 319 g/mol. The van der Waals surface area contributed by atoms with E-state index in [9.17, 15) is 0 Å². The highest BCUT2D eigenvalue weighted by molar-refractivity contribution is 7.37. The van der Waals surface area contributed by atoms with Gasteiger partial charge >= 0.3 is 0 Å². The van der Waals surface area contributed by atoms with Crippen LogP contribution in [0.25, 0.3) is 0 Å². The van der Waals surface area contributed by atoms with Crippen molar-refractivity contribution in [3.63, 3.8) is 0 Å². The highest BCUT2D eigenvalue weighted by Crippen LogP contribution is 2.18. The second-order valence-corrected chi connectivity index (χ2v) is 9.38. The third kappa shape index (κ3) is 24.4. The maximum absolute atomic E-state index is 2.30. The normalized spacial score (nSPS) is 11.3. The van der Waals surface area contributed by atoms with Crippen molar-refractivity contribution >= 4 is 8.58 Å². The van der Waals surface area contributed by atoms with Crippen LogP contribution in [0.15, 0.2) is 0 Å². The van der Waals surface area contributed by atoms with Gasteiger partial charge in [-0.25, -0.2) is 0 Å². The van der Waals surface area contributed by atoms with E-state index < -0.39 is 0 Å². The van der Waals surface area contributed by atoms with Crippen molar-refractivity contribution < 1.29 is 0 Å². The zero-order valence-electron chi connectivity index (χ0n) is 18.0. The maximum Gasteiger partial charge on any atom is -0.0287 e. The molecule has 0 spiro atoms. The molecular formula is C24H50P. The number of hydrogen-bond acceptors (Lipinski definition) is 0. The fourth-order valence-electron chi connectivity index (χ4n) is 3.53. The smallest absolute Gasteiger partial charge is 0.0287 e. The van der Waals surface area contributed by atoms with Crippen molar-refractivity contribution in [3.05, 3.63) is 0 Å². The summed E-state index contributed by atoms with van der Waals surface area (Å²) >= 11 is 0. The van der Waals surface area contributed by atoms with E-state index in [1.807, 2.05) is 0 Å². The topological polar surface area (TPSA) is 0 Å². The Bertz CT molecular complexity index is 192. The first kappa shape index (κ1) is 25.4. The molecule has 0 aromatic heterocycles. The van der Waals surface area contributed by atoms with Crippen LogP contribution in [0.3, 0.4) is 0 Å². The zero-order valence-corrected chi connectivity index (χ0v) is 18.9. The lowest BCUT2D eigenvalue weighted by Crippen LogP contribution is -1.85. The molecule has 0 aliphatic carbocycles. The average molecular weight is 370 g/mol. The summed E-state index contributed by atoms with van der Waals surface area (Å²) in [6, 6.07) is 0. The van der Waals surface area contributed by atoms with Crippen LogP contribution in [-0.4, -0.2) is 12.3 Å². The zero-order chi connectivity index (χ0) is 18.3. The van der Waals surface area contributed by atoms with E-state index in [1.54, 1.807) is 8.58 Å². The van der Waals surface area contributed by atoms with E-state index in [0.29, 0.717) is 0 Å². The van der Waals surface area contributed by atoms with Crippen molar-refractivity contribution in [1.82, 2.24) is 0 Å². The summed E-state index contributed by atoms with van der Waals surface area (Å²) in [5, 5.41) is 0. The Kier molecular flexibility index (Phi) is 24.9. The lowest BCUT2D eigenvalue weighted by atomic mass is 10.1. The predicted molar refractivity (Wildman–Crippen MR) is 120 cm³/mol. The molecule has 1 radical (unpaired) electrons. The van der Waals surface area contributed by atoms with Gasteiger partial charge in [-0.2, -0.15) is 0 Å². The largest absolute Gasteiger partial charge is 0.0810 e. The third-order valence-electron chi connectivity index (χ3n) is 5.34. The predicted octanol–water partition coefficient (Wildman–Crippen LogP) is 9.77. The Labute approximate surface area is 163 Å². The molecule has 0 atom stereocenters. The lowest BCUT2D eigenvalue weighted by Gasteiger charge is -2.04. The Hall–Kier alpha value is 0.430. The average Bonchev–Trinajstić information content (AvgIpc) is 2.63. The molecule has 0 heterocycles. The number of unbranched alkanes of at least 4 members (excludes halogenated alkanes) is 18. The maximum atomic E-state index is 2.30. The van der Waals surface area contributed by atoms with Gasteiger partial charge in [0.1, 0.15) is 0 Å². The summed E-state index contributed by atoms with van der Waals surface area (Å²) in [6.45, 7) is 4.60. The molecule has 0 saturated heterocycles. The quantitative estimate of drug-likeness (QED) is 0.131. The molecule has 0 N–H and O–H groups in total. The van der Waals surface area contributed by atoms with Gasteiger partial charge in [-0.05, 0) is 25.2 Å². The van der Waals surface area contributed by atoms with Gasteiger partial charge in [-0.1, -0.05) is 138 Å². The minimum absolute atomic E-state index is 1.37. The molecule has 0 aromatic rings. The lowest BCUT2D eigenvalue weighted by molar-refractivity contribution is 0.561. The molecule has 0 saturated carbocycles. The molecule has 0 unspecified atom stereocenters. The van der Waals surface area contributed by atoms with Crippen LogP contribution < -0.4 is 0 Å². The van der Waals surface area contributed by atoms with Crippen LogP contribution in [0, 0.1) is 0 Å². The van der Waals surface area contributed by atoms with Gasteiger partial charge in [-0.3, -0.25) is 0 Å². The minimum Gasteiger partial charge on any atom is -0.0810 e. The molecule has 0 rings (SSSR count). The third-order valence-corrected chi connectivity index (χ3v) is 6.60. The van der Waals surface area contributed by atoms with E-state index >= 15 is 0 Å². The molecule has 1 heteroatoms. The molecule has 0 aliphatic heterocycles. The SMILES string of the molecule is CCCCCCCCCCCC[P]CCCCCCCCCCCC. The van der Waals surface area contributed by atoms with Crippen LogP contribution in [-0.2, 0) is 0 Å². The molecule has 151 valence electrons. The Morgan fingerprint density at radius 3 is 0.840 bits per heavy atom. The van der Waals surface area contributed by atoms with Crippen molar-refractivity contribution in [2.45, 2.75) is 142 Å². The molecule has 0 aromatic carbocycles. The molecule has 0 bridgehead atoms. The van der Waals surface area contributed by atoms with Crippen molar-refractivity contribution in [2.75, 3.05) is 12.3 Å². The molecule has 0 fully saturated rings. The van der Waals surface area contributed by atoms with Crippen molar-refractivity contribution in [1.29, 1.82) is 0 Å². The van der Waals surface area contributed by atoms with E-state index in [1.165, 1.54) is 141 Å². The first-order valence-corrected chi connectivity index (χ1v) is 13.3. The number of rotatable bonds is 22. The first-order chi connectivity index (χ1) is 12.4. The molecule has 0 amide bonds. The van der Waals surface area contributed by atoms with E-state index in [2.05, 4.69) is 13.8 Å². The summed E-state index contributed by atoms with van der Waals surface area (Å²) in [5.41, 5.74) is 0. The van der Waals surface area contributed by atoms with E-state index in [0.717, 1.165) is 0 Å². The van der Waals surface area contributed by atoms with Gasteiger partial charge < -0.3 is 0 Å². The standard InChI is InChI=1S/C24H50P/c1-3-5-7-9-11-13-15-17-19-21-23-25-24-22-20-18-16-14-12-10-8-6-4-2/h3-24H2,1-2H3. The van der Waals surface area contributed by atoms with Crippen LogP contribution in [0.1, 0.15) is 142 Å². The summed E-state index contributed by atoms with van der Waals surface area (Å²) in [4.78, 5) is 0. The summed E-state index contributed by atoms with van der Waals surface area (Å²) in [7, 11) is 1.73. The number of hydrogen-bond donors (Lipinski definition) is 0. The van der Waals surface area contributed by atoms with E-state index in [4.69, 9.17) is 0 Å². The first-order valence-electron chi connectivity index (χ1n) is 12.0. The van der Waals surface area contributed by atoms with Gasteiger partial charge in [0.2, 0.25) is 0 Å². The Morgan fingerprint density at radius 2 is 0.560 bits per heavy atom. The second-order valence-electron chi connectivity index (χ2n) is 8.03. The van der Waals surface area contributed by atoms with Crippen LogP contribution in [0.2, 0.25) is 0 Å². The summed E-state index contributed by atoms with van der Waals surface area (Å²) < 4.78 is 0. The Morgan fingerprint density at radius 1 is 0.320 bits per heavy atom. The van der Waals surface area contributed by atoms with Gasteiger partial charge in [0.25, 0.3) is 0 Å². The fraction of sp³-hybridized carbons (Fsp3) is 1.00. The van der Waals surface area contributed by atoms with Gasteiger partial charge in [0.15, 0.2) is 0 Å². The van der Waals surface area contributed by atoms with Gasteiger partial charge in [0.05, 0.1) is 0 Å². The second kappa shape index (κ2) is 24.4. The highest BCUT2D eigenvalue weighted by atomic mass is 31.1. The van der Waals surface area contributed by atoms with Crippen molar-refractivity contribution in [2.24, 2.45) is 0 Å². The van der Waals surface area contributed by atoms with Crippen molar-refractivity contribution in [3.8, 4) is 0 Å². The van der Waals surface area contributed by atoms with E-state index in [-0.39, 0.29) is 0 Å². The molecule has 0 nitrogen and oxygen atoms in total. The summed E-state index contributed by atoms with van der Waals surface area (Å²) in [5.74, 6) is 0. The summed E-state index contributed by atoms with van der Waals surface area (Å²) in [6.07, 6.45) is 32.3. The van der Waals surface area contributed by atoms with Gasteiger partial charge in [-0.15, -0.1) is 0 Å². The fourth-order valence-corrected chi connectivity index (χ4v) is 4.65. The highest BCUT2D eigenvalue weighted by Gasteiger charge is 1.95. The monoisotopic (exact) mass is 369 g/mol. The van der Waals surface area contributed by atoms with Gasteiger partial charge in [0, 0.05) is 0 Å². The van der Waals surface area contributed by atoms with Crippen LogP contribution in [0.4, 0.5) is 0 Å². The molecule has 0 aliphatic rings. The van der Waals surface area contributed by atoms with Crippen LogP contribution >= 0.6 is 8.58 Å². The molecule has 25 heavy (non-hydrogen) atoms.